The standard InChI is InChI=1S/C43H43FN10O5/c1-24-5-4-6-25(2)35(24)48-36-32-21-45-42(49-37(32)51(3)50-36)46-30-9-7-26-13-16-53(22-28(26)20-30)41(59)43(44)14-17-52(18-15-43)39(57)27-8-10-31-29(19-27)23-54(40(31)58)33-11-12-34(55)47-38(33)56/h4-10,19-21,33H,11-18,22-23H2,1-3H3,(H,48,50)(H,45,46,49)(H,47,55,56). The highest BCUT2D eigenvalue weighted by Crippen LogP contribution is 2.35. The summed E-state index contributed by atoms with van der Waals surface area (Å²) in [4.78, 5) is 78.4. The summed E-state index contributed by atoms with van der Waals surface area (Å²) in [5.41, 5.74) is 5.80. The Morgan fingerprint density at radius 1 is 0.881 bits per heavy atom. The van der Waals surface area contributed by atoms with Crippen molar-refractivity contribution in [3.05, 3.63) is 99.7 Å². The fourth-order valence-corrected chi connectivity index (χ4v) is 8.71. The first-order valence-corrected chi connectivity index (χ1v) is 19.8. The fraction of sp³-hybridized carbons (Fsp3) is 0.349. The molecule has 0 radical (unpaired) electrons. The molecule has 302 valence electrons. The molecule has 2 fully saturated rings. The molecular formula is C43H43FN10O5. The molecule has 4 aliphatic rings. The summed E-state index contributed by atoms with van der Waals surface area (Å²) in [6.07, 6.45) is 2.43. The average Bonchev–Trinajstić information content (AvgIpc) is 3.72. The number of fused-ring (bicyclic) bond motifs is 3. The molecule has 2 saturated heterocycles. The summed E-state index contributed by atoms with van der Waals surface area (Å²) in [6, 6.07) is 16.0. The van der Waals surface area contributed by atoms with Gasteiger partial charge in [-0.15, -0.1) is 0 Å². The lowest BCUT2D eigenvalue weighted by molar-refractivity contribution is -0.148. The second-order valence-corrected chi connectivity index (χ2v) is 15.9. The Morgan fingerprint density at radius 2 is 1.66 bits per heavy atom. The average molecular weight is 799 g/mol. The van der Waals surface area contributed by atoms with Gasteiger partial charge in [0, 0.05) is 87.7 Å². The Labute approximate surface area is 339 Å². The highest BCUT2D eigenvalue weighted by atomic mass is 19.1. The van der Waals surface area contributed by atoms with Crippen molar-refractivity contribution >= 4 is 63.7 Å². The fourth-order valence-electron chi connectivity index (χ4n) is 8.71. The summed E-state index contributed by atoms with van der Waals surface area (Å²) in [7, 11) is 1.83. The van der Waals surface area contributed by atoms with Crippen molar-refractivity contribution in [3.63, 3.8) is 0 Å². The van der Waals surface area contributed by atoms with Gasteiger partial charge < -0.3 is 25.3 Å². The molecule has 0 bridgehead atoms. The first-order chi connectivity index (χ1) is 28.3. The van der Waals surface area contributed by atoms with E-state index in [4.69, 9.17) is 4.98 Å². The van der Waals surface area contributed by atoms with Gasteiger partial charge >= 0.3 is 0 Å². The zero-order valence-corrected chi connectivity index (χ0v) is 33.0. The number of nitrogens with zero attached hydrogens (tertiary/aromatic N) is 7. The van der Waals surface area contributed by atoms with Crippen LogP contribution in [0.3, 0.4) is 0 Å². The van der Waals surface area contributed by atoms with Gasteiger partial charge in [0.25, 0.3) is 17.7 Å². The number of nitrogens with one attached hydrogen (secondary N) is 3. The van der Waals surface area contributed by atoms with Crippen molar-refractivity contribution in [3.8, 4) is 0 Å². The van der Waals surface area contributed by atoms with E-state index in [2.05, 4.69) is 26.0 Å². The molecule has 0 saturated carbocycles. The lowest BCUT2D eigenvalue weighted by Crippen LogP contribution is -2.54. The minimum atomic E-state index is -2.12. The monoisotopic (exact) mass is 798 g/mol. The molecule has 2 aromatic heterocycles. The number of halogens is 1. The van der Waals surface area contributed by atoms with E-state index in [-0.39, 0.29) is 69.6 Å². The molecule has 1 unspecified atom stereocenters. The number of aromatic nitrogens is 4. The highest BCUT2D eigenvalue weighted by molar-refractivity contribution is 6.06. The number of hydrogen-bond acceptors (Lipinski definition) is 10. The lowest BCUT2D eigenvalue weighted by atomic mass is 9.89. The van der Waals surface area contributed by atoms with Gasteiger partial charge in [0.2, 0.25) is 17.8 Å². The molecular weight excluding hydrogens is 756 g/mol. The predicted molar refractivity (Wildman–Crippen MR) is 216 cm³/mol. The van der Waals surface area contributed by atoms with Gasteiger partial charge in [0.15, 0.2) is 17.1 Å². The third-order valence-electron chi connectivity index (χ3n) is 12.1. The molecule has 59 heavy (non-hydrogen) atoms. The van der Waals surface area contributed by atoms with Crippen LogP contribution < -0.4 is 16.0 Å². The number of imide groups is 1. The minimum Gasteiger partial charge on any atom is -0.338 e. The van der Waals surface area contributed by atoms with Gasteiger partial charge in [-0.05, 0) is 84.8 Å². The minimum absolute atomic E-state index is 0.0576. The van der Waals surface area contributed by atoms with Crippen LogP contribution in [0.5, 0.6) is 0 Å². The quantitative estimate of drug-likeness (QED) is 0.195. The molecule has 3 aromatic carbocycles. The smallest absolute Gasteiger partial charge is 0.260 e. The third-order valence-corrected chi connectivity index (χ3v) is 12.1. The van der Waals surface area contributed by atoms with Crippen LogP contribution in [0.15, 0.2) is 60.8 Å². The van der Waals surface area contributed by atoms with Crippen LogP contribution in [0, 0.1) is 13.8 Å². The number of benzene rings is 3. The van der Waals surface area contributed by atoms with Gasteiger partial charge in [-0.2, -0.15) is 10.1 Å². The van der Waals surface area contributed by atoms with E-state index < -0.39 is 23.5 Å². The van der Waals surface area contributed by atoms with E-state index in [0.717, 1.165) is 39.0 Å². The second-order valence-electron chi connectivity index (χ2n) is 15.9. The Hall–Kier alpha value is -6.71. The maximum absolute atomic E-state index is 16.5. The number of likely N-dealkylation sites (tertiary alicyclic amines) is 1. The number of hydrogen-bond donors (Lipinski definition) is 3. The topological polar surface area (TPSA) is 175 Å². The molecule has 5 amide bonds. The first kappa shape index (κ1) is 37.8. The molecule has 4 aliphatic heterocycles. The molecule has 3 N–H and O–H groups in total. The molecule has 0 aliphatic carbocycles. The molecule has 1 atom stereocenters. The lowest BCUT2D eigenvalue weighted by Gasteiger charge is -2.39. The van der Waals surface area contributed by atoms with Crippen molar-refractivity contribution in [2.45, 2.75) is 70.8 Å². The van der Waals surface area contributed by atoms with Crippen LogP contribution >= 0.6 is 0 Å². The van der Waals surface area contributed by atoms with Crippen LogP contribution in [0.2, 0.25) is 0 Å². The Morgan fingerprint density at radius 3 is 2.42 bits per heavy atom. The van der Waals surface area contributed by atoms with Crippen molar-refractivity contribution in [1.82, 2.24) is 39.8 Å². The number of aryl methyl sites for hydroxylation is 3. The highest BCUT2D eigenvalue weighted by Gasteiger charge is 2.46. The van der Waals surface area contributed by atoms with Crippen LogP contribution in [0.25, 0.3) is 11.0 Å². The molecule has 16 heteroatoms. The van der Waals surface area contributed by atoms with Crippen LogP contribution in [-0.2, 0) is 40.9 Å². The number of carbonyl (C=O) groups is 5. The van der Waals surface area contributed by atoms with Crippen LogP contribution in [-0.4, -0.2) is 95.3 Å². The number of rotatable bonds is 7. The third kappa shape index (κ3) is 6.91. The number of para-hydroxylation sites is 1. The van der Waals surface area contributed by atoms with E-state index in [0.29, 0.717) is 47.1 Å². The largest absolute Gasteiger partial charge is 0.338 e. The van der Waals surface area contributed by atoms with Crippen molar-refractivity contribution in [2.75, 3.05) is 30.3 Å². The summed E-state index contributed by atoms with van der Waals surface area (Å²) >= 11 is 0. The Bertz CT molecular complexity index is 2580. The summed E-state index contributed by atoms with van der Waals surface area (Å²) in [6.45, 7) is 4.98. The van der Waals surface area contributed by atoms with E-state index in [1.807, 2.05) is 57.3 Å². The van der Waals surface area contributed by atoms with Crippen LogP contribution in [0.1, 0.15) is 74.2 Å². The SMILES string of the molecule is Cc1cccc(C)c1Nc1nn(C)c2nc(Nc3ccc4c(c3)CN(C(=O)C3(F)CCN(C(=O)c5ccc6c(c5)CN(C5CCC(=O)NC5=O)C6=O)CC3)CC4)ncc12. The molecule has 9 rings (SSSR count). The van der Waals surface area contributed by atoms with E-state index in [9.17, 15) is 24.0 Å². The van der Waals surface area contributed by atoms with Crippen molar-refractivity contribution in [1.29, 1.82) is 0 Å². The van der Waals surface area contributed by atoms with Gasteiger partial charge in [-0.1, -0.05) is 24.3 Å². The van der Waals surface area contributed by atoms with Gasteiger partial charge in [0.1, 0.15) is 6.04 Å². The van der Waals surface area contributed by atoms with Gasteiger partial charge in [-0.3, -0.25) is 29.3 Å². The second kappa shape index (κ2) is 14.6. The first-order valence-electron chi connectivity index (χ1n) is 19.8. The Kier molecular flexibility index (Phi) is 9.36. The number of carbonyl (C=O) groups excluding carboxylic acids is 5. The van der Waals surface area contributed by atoms with Crippen molar-refractivity contribution < 1.29 is 28.4 Å². The number of piperidine rings is 2. The Balaban J connectivity index is 0.826. The van der Waals surface area contributed by atoms with Gasteiger partial charge in [0.05, 0.1) is 5.39 Å². The molecule has 15 nitrogen and oxygen atoms in total. The van der Waals surface area contributed by atoms with E-state index in [1.54, 1.807) is 38.9 Å². The zero-order chi connectivity index (χ0) is 41.2. The number of alkyl halides is 1. The molecule has 0 spiro atoms. The maximum Gasteiger partial charge on any atom is 0.260 e. The van der Waals surface area contributed by atoms with E-state index >= 15 is 4.39 Å². The predicted octanol–water partition coefficient (Wildman–Crippen LogP) is 4.76. The summed E-state index contributed by atoms with van der Waals surface area (Å²) in [5.74, 6) is -1.05. The van der Waals surface area contributed by atoms with Crippen molar-refractivity contribution in [2.24, 2.45) is 7.05 Å². The van der Waals surface area contributed by atoms with E-state index in [1.165, 1.54) is 4.90 Å². The number of amides is 5. The normalized spacial score (nSPS) is 18.7. The van der Waals surface area contributed by atoms with Crippen LogP contribution in [0.4, 0.5) is 27.5 Å². The number of anilines is 4. The summed E-state index contributed by atoms with van der Waals surface area (Å²) < 4.78 is 18.2. The zero-order valence-electron chi connectivity index (χ0n) is 33.0. The van der Waals surface area contributed by atoms with Gasteiger partial charge in [-0.25, -0.2) is 14.1 Å². The molecule has 5 aromatic rings. The molecule has 6 heterocycles. The maximum atomic E-state index is 16.5. The summed E-state index contributed by atoms with van der Waals surface area (Å²) in [5, 5.41) is 14.5.